The lowest BCUT2D eigenvalue weighted by Crippen LogP contribution is -2.45. The van der Waals surface area contributed by atoms with Crippen molar-refractivity contribution in [1.82, 2.24) is 0 Å². The van der Waals surface area contributed by atoms with Gasteiger partial charge in [-0.1, -0.05) is 0 Å². The first-order valence-corrected chi connectivity index (χ1v) is 3.87. The summed E-state index contributed by atoms with van der Waals surface area (Å²) in [5.41, 5.74) is -1.30. The van der Waals surface area contributed by atoms with Crippen molar-refractivity contribution in [2.24, 2.45) is 0 Å². The summed E-state index contributed by atoms with van der Waals surface area (Å²) < 4.78 is 9.64. The Hall–Kier alpha value is -0.900. The third kappa shape index (κ3) is 1.22. The SMILES string of the molecule is COC(=O)C1(C(C)=O)CCCO1. The van der Waals surface area contributed by atoms with Crippen molar-refractivity contribution in [3.05, 3.63) is 0 Å². The molecule has 12 heavy (non-hydrogen) atoms. The zero-order valence-electron chi connectivity index (χ0n) is 7.25. The summed E-state index contributed by atoms with van der Waals surface area (Å²) >= 11 is 0. The predicted octanol–water partition coefficient (Wildman–Crippen LogP) is 0.298. The summed E-state index contributed by atoms with van der Waals surface area (Å²) in [4.78, 5) is 22.4. The molecule has 1 unspecified atom stereocenters. The van der Waals surface area contributed by atoms with Crippen LogP contribution in [0, 0.1) is 0 Å². The van der Waals surface area contributed by atoms with E-state index in [1.165, 1.54) is 14.0 Å². The van der Waals surface area contributed by atoms with Crippen LogP contribution in [-0.4, -0.2) is 31.1 Å². The van der Waals surface area contributed by atoms with Gasteiger partial charge >= 0.3 is 5.97 Å². The van der Waals surface area contributed by atoms with Gasteiger partial charge in [-0.25, -0.2) is 4.79 Å². The standard InChI is InChI=1S/C8H12O4/c1-6(9)8(7(10)11-2)4-3-5-12-8/h3-5H2,1-2H3. The second-order valence-corrected chi connectivity index (χ2v) is 2.83. The zero-order chi connectivity index (χ0) is 9.19. The molecule has 1 aliphatic rings. The van der Waals surface area contributed by atoms with Gasteiger partial charge < -0.3 is 9.47 Å². The van der Waals surface area contributed by atoms with E-state index < -0.39 is 11.6 Å². The number of esters is 1. The van der Waals surface area contributed by atoms with E-state index >= 15 is 0 Å². The van der Waals surface area contributed by atoms with Crippen LogP contribution in [0.1, 0.15) is 19.8 Å². The van der Waals surface area contributed by atoms with Crippen molar-refractivity contribution in [3.8, 4) is 0 Å². The average molecular weight is 172 g/mol. The first kappa shape index (κ1) is 9.19. The lowest BCUT2D eigenvalue weighted by Gasteiger charge is -2.21. The number of Topliss-reactive ketones (excluding diaryl/α,β-unsaturated/α-hetero) is 1. The van der Waals surface area contributed by atoms with Gasteiger partial charge in [0.1, 0.15) is 0 Å². The molecule has 0 radical (unpaired) electrons. The van der Waals surface area contributed by atoms with E-state index in [0.29, 0.717) is 13.0 Å². The molecule has 0 aromatic carbocycles. The lowest BCUT2D eigenvalue weighted by molar-refractivity contribution is -0.168. The van der Waals surface area contributed by atoms with Gasteiger partial charge in [-0.15, -0.1) is 0 Å². The number of methoxy groups -OCH3 is 1. The third-order valence-electron chi connectivity index (χ3n) is 2.11. The van der Waals surface area contributed by atoms with Gasteiger partial charge in [-0.05, 0) is 19.8 Å². The molecule has 4 nitrogen and oxygen atoms in total. The van der Waals surface area contributed by atoms with Gasteiger partial charge in [0.15, 0.2) is 5.78 Å². The fourth-order valence-electron chi connectivity index (χ4n) is 1.39. The molecule has 1 saturated heterocycles. The second kappa shape index (κ2) is 3.23. The minimum absolute atomic E-state index is 0.271. The Kier molecular flexibility index (Phi) is 2.47. The van der Waals surface area contributed by atoms with Gasteiger partial charge in [0.25, 0.3) is 0 Å². The van der Waals surface area contributed by atoms with E-state index in [2.05, 4.69) is 4.74 Å². The predicted molar refractivity (Wildman–Crippen MR) is 40.6 cm³/mol. The van der Waals surface area contributed by atoms with E-state index in [0.717, 1.165) is 6.42 Å². The van der Waals surface area contributed by atoms with E-state index in [1.807, 2.05) is 0 Å². The van der Waals surface area contributed by atoms with Crippen LogP contribution in [-0.2, 0) is 19.1 Å². The van der Waals surface area contributed by atoms with Crippen LogP contribution < -0.4 is 0 Å². The summed E-state index contributed by atoms with van der Waals surface area (Å²) in [6.45, 7) is 1.80. The van der Waals surface area contributed by atoms with Crippen molar-refractivity contribution in [3.63, 3.8) is 0 Å². The van der Waals surface area contributed by atoms with Gasteiger partial charge in [0.2, 0.25) is 5.60 Å². The zero-order valence-corrected chi connectivity index (χ0v) is 7.25. The molecule has 0 N–H and O–H groups in total. The van der Waals surface area contributed by atoms with Crippen LogP contribution in [0.4, 0.5) is 0 Å². The molecule has 0 aromatic heterocycles. The molecular formula is C8H12O4. The van der Waals surface area contributed by atoms with E-state index in [-0.39, 0.29) is 5.78 Å². The van der Waals surface area contributed by atoms with Crippen molar-refractivity contribution in [2.45, 2.75) is 25.4 Å². The highest BCUT2D eigenvalue weighted by Crippen LogP contribution is 2.27. The quantitative estimate of drug-likeness (QED) is 0.444. The molecule has 0 amide bonds. The number of hydrogen-bond donors (Lipinski definition) is 0. The Bertz CT molecular complexity index is 203. The molecule has 1 heterocycles. The highest BCUT2D eigenvalue weighted by Gasteiger charge is 2.48. The monoisotopic (exact) mass is 172 g/mol. The summed E-state index contributed by atoms with van der Waals surface area (Å²) in [6.07, 6.45) is 1.17. The van der Waals surface area contributed by atoms with Crippen LogP contribution in [0.2, 0.25) is 0 Å². The van der Waals surface area contributed by atoms with Gasteiger partial charge in [0, 0.05) is 6.61 Å². The first-order valence-electron chi connectivity index (χ1n) is 3.87. The number of ether oxygens (including phenoxy) is 2. The molecular weight excluding hydrogens is 160 g/mol. The first-order chi connectivity index (χ1) is 5.63. The summed E-state index contributed by atoms with van der Waals surface area (Å²) in [5.74, 6) is -0.848. The van der Waals surface area contributed by atoms with Crippen LogP contribution in [0.3, 0.4) is 0 Å². The van der Waals surface area contributed by atoms with E-state index in [9.17, 15) is 9.59 Å². The smallest absolute Gasteiger partial charge is 0.345 e. The molecule has 0 aromatic rings. The van der Waals surface area contributed by atoms with Crippen molar-refractivity contribution >= 4 is 11.8 Å². The number of carbonyl (C=O) groups is 2. The van der Waals surface area contributed by atoms with Crippen molar-refractivity contribution < 1.29 is 19.1 Å². The van der Waals surface area contributed by atoms with E-state index in [4.69, 9.17) is 4.74 Å². The molecule has 1 fully saturated rings. The largest absolute Gasteiger partial charge is 0.467 e. The number of hydrogen-bond acceptors (Lipinski definition) is 4. The molecule has 0 bridgehead atoms. The average Bonchev–Trinajstić information content (AvgIpc) is 2.52. The van der Waals surface area contributed by atoms with Crippen LogP contribution >= 0.6 is 0 Å². The second-order valence-electron chi connectivity index (χ2n) is 2.83. The highest BCUT2D eigenvalue weighted by atomic mass is 16.6. The van der Waals surface area contributed by atoms with E-state index in [1.54, 1.807) is 0 Å². The molecule has 68 valence electrons. The molecule has 0 spiro atoms. The topological polar surface area (TPSA) is 52.6 Å². The Morgan fingerprint density at radius 3 is 2.50 bits per heavy atom. The molecule has 1 aliphatic heterocycles. The van der Waals surface area contributed by atoms with Crippen molar-refractivity contribution in [2.75, 3.05) is 13.7 Å². The number of ketones is 1. The van der Waals surface area contributed by atoms with Crippen LogP contribution in [0.15, 0.2) is 0 Å². The fraction of sp³-hybridized carbons (Fsp3) is 0.750. The third-order valence-corrected chi connectivity index (χ3v) is 2.11. The lowest BCUT2D eigenvalue weighted by atomic mass is 9.96. The van der Waals surface area contributed by atoms with Crippen LogP contribution in [0.5, 0.6) is 0 Å². The maximum Gasteiger partial charge on any atom is 0.345 e. The molecule has 0 aliphatic carbocycles. The Balaban J connectivity index is 2.86. The van der Waals surface area contributed by atoms with Crippen molar-refractivity contribution in [1.29, 1.82) is 0 Å². The summed E-state index contributed by atoms with van der Waals surface area (Å²) in [5, 5.41) is 0. The molecule has 4 heteroatoms. The Morgan fingerprint density at radius 1 is 1.50 bits per heavy atom. The number of rotatable bonds is 2. The number of carbonyl (C=O) groups excluding carboxylic acids is 2. The van der Waals surface area contributed by atoms with Gasteiger partial charge in [-0.2, -0.15) is 0 Å². The highest BCUT2D eigenvalue weighted by molar-refractivity contribution is 6.06. The Morgan fingerprint density at radius 2 is 2.17 bits per heavy atom. The Labute approximate surface area is 70.8 Å². The van der Waals surface area contributed by atoms with Gasteiger partial charge in [0.05, 0.1) is 7.11 Å². The molecule has 1 atom stereocenters. The fourth-order valence-corrected chi connectivity index (χ4v) is 1.39. The maximum absolute atomic E-state index is 11.2. The summed E-state index contributed by atoms with van der Waals surface area (Å²) in [7, 11) is 1.26. The van der Waals surface area contributed by atoms with Gasteiger partial charge in [-0.3, -0.25) is 4.79 Å². The maximum atomic E-state index is 11.2. The minimum atomic E-state index is -1.30. The minimum Gasteiger partial charge on any atom is -0.467 e. The summed E-state index contributed by atoms with van der Waals surface area (Å²) in [6, 6.07) is 0. The van der Waals surface area contributed by atoms with Crippen LogP contribution in [0.25, 0.3) is 0 Å². The normalized spacial score (nSPS) is 28.5. The molecule has 1 rings (SSSR count). The molecule has 0 saturated carbocycles.